The third kappa shape index (κ3) is 5.59. The summed E-state index contributed by atoms with van der Waals surface area (Å²) < 4.78 is 49.9. The lowest BCUT2D eigenvalue weighted by molar-refractivity contribution is -0.206. The number of hydrogen-bond donors (Lipinski definition) is 2. The van der Waals surface area contributed by atoms with Crippen LogP contribution in [0, 0.1) is 0 Å². The number of fused-ring (bicyclic) bond motifs is 1. The molecule has 2 aromatic heterocycles. The van der Waals surface area contributed by atoms with E-state index in [9.17, 15) is 18.3 Å². The second-order valence-corrected chi connectivity index (χ2v) is 8.99. The number of halogens is 3. The first-order valence-electron chi connectivity index (χ1n) is 11.9. The minimum Gasteiger partial charge on any atom is -0.488 e. The molecule has 1 aromatic carbocycles. The molecular weight excluding hydrogens is 477 g/mol. The Balaban J connectivity index is 1.21. The van der Waals surface area contributed by atoms with Crippen LogP contribution in [0.2, 0.25) is 0 Å². The van der Waals surface area contributed by atoms with Gasteiger partial charge in [-0.3, -0.25) is 4.98 Å². The maximum absolute atomic E-state index is 12.7. The minimum absolute atomic E-state index is 0.00146. The summed E-state index contributed by atoms with van der Waals surface area (Å²) in [5.74, 6) is 0.942. The molecule has 1 atom stereocenters. The molecular formula is C24H27F3N6O3. The predicted molar refractivity (Wildman–Crippen MR) is 126 cm³/mol. The van der Waals surface area contributed by atoms with Gasteiger partial charge in [0.2, 0.25) is 5.95 Å². The number of hydrogen-bond acceptors (Lipinski definition) is 9. The first-order valence-corrected chi connectivity index (χ1v) is 11.9. The Hall–Kier alpha value is -3.25. The van der Waals surface area contributed by atoms with Gasteiger partial charge in [-0.05, 0) is 31.7 Å². The average Bonchev–Trinajstić information content (AvgIpc) is 2.90. The van der Waals surface area contributed by atoms with Gasteiger partial charge in [0.1, 0.15) is 11.3 Å². The van der Waals surface area contributed by atoms with Gasteiger partial charge >= 0.3 is 6.18 Å². The highest BCUT2D eigenvalue weighted by atomic mass is 19.4. The monoisotopic (exact) mass is 504 g/mol. The summed E-state index contributed by atoms with van der Waals surface area (Å²) in [6.07, 6.45) is 1.11. The Morgan fingerprint density at radius 2 is 1.69 bits per heavy atom. The zero-order valence-corrected chi connectivity index (χ0v) is 19.5. The minimum atomic E-state index is -4.75. The molecule has 1 aliphatic heterocycles. The molecule has 0 radical (unpaired) electrons. The highest BCUT2D eigenvalue weighted by molar-refractivity contribution is 5.85. The van der Waals surface area contributed by atoms with Gasteiger partial charge in [0.05, 0.1) is 24.8 Å². The van der Waals surface area contributed by atoms with Crippen LogP contribution in [0.1, 0.15) is 37.4 Å². The van der Waals surface area contributed by atoms with Crippen molar-refractivity contribution in [3.63, 3.8) is 0 Å². The van der Waals surface area contributed by atoms with E-state index >= 15 is 0 Å². The molecule has 1 unspecified atom stereocenters. The Morgan fingerprint density at radius 1 is 1.00 bits per heavy atom. The van der Waals surface area contributed by atoms with Crippen molar-refractivity contribution in [3.05, 3.63) is 42.5 Å². The zero-order valence-electron chi connectivity index (χ0n) is 19.5. The third-order valence-corrected chi connectivity index (χ3v) is 6.50. The van der Waals surface area contributed by atoms with Crippen molar-refractivity contribution >= 4 is 22.7 Å². The summed E-state index contributed by atoms with van der Waals surface area (Å²) in [7, 11) is 0. The molecule has 2 N–H and O–H groups in total. The van der Waals surface area contributed by atoms with Crippen molar-refractivity contribution in [2.45, 2.75) is 50.1 Å². The molecule has 0 spiro atoms. The second kappa shape index (κ2) is 10.4. The topological polar surface area (TPSA) is 106 Å². The number of ether oxygens (including phenoxy) is 2. The SMILES string of the molecule is OC(c1cnc(N[C@H]2CC[C@@H](Oc3cc(N4CCOCC4)cc4nccnc34)CC2)nc1)C(F)(F)F. The van der Waals surface area contributed by atoms with E-state index in [4.69, 9.17) is 9.47 Å². The van der Waals surface area contributed by atoms with E-state index in [1.54, 1.807) is 12.4 Å². The van der Waals surface area contributed by atoms with Crippen LogP contribution in [0.5, 0.6) is 5.75 Å². The molecule has 1 saturated carbocycles. The van der Waals surface area contributed by atoms with E-state index in [-0.39, 0.29) is 23.7 Å². The number of benzene rings is 1. The number of morpholine rings is 1. The number of alkyl halides is 3. The molecule has 12 heteroatoms. The lowest BCUT2D eigenvalue weighted by Gasteiger charge is -2.31. The van der Waals surface area contributed by atoms with E-state index in [1.165, 1.54) is 0 Å². The fourth-order valence-corrected chi connectivity index (χ4v) is 4.55. The molecule has 9 nitrogen and oxygen atoms in total. The number of anilines is 2. The largest absolute Gasteiger partial charge is 0.488 e. The quantitative estimate of drug-likeness (QED) is 0.520. The summed E-state index contributed by atoms with van der Waals surface area (Å²) >= 11 is 0. The molecule has 3 aromatic rings. The zero-order chi connectivity index (χ0) is 25.1. The molecule has 2 fully saturated rings. The smallest absolute Gasteiger partial charge is 0.418 e. The van der Waals surface area contributed by atoms with Crippen molar-refractivity contribution in [2.75, 3.05) is 36.5 Å². The lowest BCUT2D eigenvalue weighted by Crippen LogP contribution is -2.36. The van der Waals surface area contributed by atoms with Gasteiger partial charge in [-0.25, -0.2) is 15.0 Å². The van der Waals surface area contributed by atoms with Gasteiger partial charge < -0.3 is 24.8 Å². The molecule has 1 saturated heterocycles. The normalized spacial score (nSPS) is 21.8. The van der Waals surface area contributed by atoms with Crippen LogP contribution in [0.3, 0.4) is 0 Å². The lowest BCUT2D eigenvalue weighted by atomic mass is 9.93. The first-order chi connectivity index (χ1) is 17.4. The van der Waals surface area contributed by atoms with Crippen molar-refractivity contribution in [3.8, 4) is 5.75 Å². The van der Waals surface area contributed by atoms with Crippen LogP contribution in [0.25, 0.3) is 11.0 Å². The number of aliphatic hydroxyl groups is 1. The highest BCUT2D eigenvalue weighted by Gasteiger charge is 2.39. The number of nitrogens with one attached hydrogen (secondary N) is 1. The number of nitrogens with zero attached hydrogens (tertiary/aromatic N) is 5. The second-order valence-electron chi connectivity index (χ2n) is 8.99. The Kier molecular flexibility index (Phi) is 7.06. The van der Waals surface area contributed by atoms with E-state index in [2.05, 4.69) is 30.2 Å². The van der Waals surface area contributed by atoms with Gasteiger partial charge in [0.15, 0.2) is 6.10 Å². The van der Waals surface area contributed by atoms with Gasteiger partial charge in [-0.1, -0.05) is 0 Å². The molecule has 36 heavy (non-hydrogen) atoms. The Labute approximate surface area is 205 Å². The van der Waals surface area contributed by atoms with Gasteiger partial charge in [-0.2, -0.15) is 13.2 Å². The summed E-state index contributed by atoms with van der Waals surface area (Å²) in [6.45, 7) is 2.97. The van der Waals surface area contributed by atoms with Crippen molar-refractivity contribution in [1.82, 2.24) is 19.9 Å². The fraction of sp³-hybridized carbons (Fsp3) is 0.500. The molecule has 192 valence electrons. The van der Waals surface area contributed by atoms with E-state index in [0.29, 0.717) is 19.0 Å². The number of rotatable bonds is 6. The van der Waals surface area contributed by atoms with Gasteiger partial charge in [0, 0.05) is 61.2 Å². The molecule has 2 aliphatic rings. The highest BCUT2D eigenvalue weighted by Crippen LogP contribution is 2.34. The summed E-state index contributed by atoms with van der Waals surface area (Å²) in [5, 5.41) is 12.5. The third-order valence-electron chi connectivity index (χ3n) is 6.50. The van der Waals surface area contributed by atoms with Crippen LogP contribution in [0.4, 0.5) is 24.8 Å². The van der Waals surface area contributed by atoms with Crippen LogP contribution in [-0.4, -0.2) is 69.7 Å². The van der Waals surface area contributed by atoms with Crippen molar-refractivity contribution in [1.29, 1.82) is 0 Å². The molecule has 0 bridgehead atoms. The van der Waals surface area contributed by atoms with Crippen molar-refractivity contribution < 1.29 is 27.8 Å². The molecule has 3 heterocycles. The van der Waals surface area contributed by atoms with Crippen LogP contribution in [0.15, 0.2) is 36.9 Å². The maximum Gasteiger partial charge on any atom is 0.418 e. The summed E-state index contributed by atoms with van der Waals surface area (Å²) in [5.41, 5.74) is 2.15. The summed E-state index contributed by atoms with van der Waals surface area (Å²) in [4.78, 5) is 19.1. The van der Waals surface area contributed by atoms with E-state index in [0.717, 1.165) is 67.9 Å². The van der Waals surface area contributed by atoms with Crippen molar-refractivity contribution in [2.24, 2.45) is 0 Å². The average molecular weight is 505 g/mol. The van der Waals surface area contributed by atoms with Crippen LogP contribution in [-0.2, 0) is 4.74 Å². The number of aromatic nitrogens is 4. The predicted octanol–water partition coefficient (Wildman–Crippen LogP) is 3.65. The fourth-order valence-electron chi connectivity index (χ4n) is 4.55. The van der Waals surface area contributed by atoms with E-state index in [1.807, 2.05) is 12.1 Å². The van der Waals surface area contributed by atoms with Gasteiger partial charge in [0.25, 0.3) is 0 Å². The Bertz CT molecular complexity index is 1170. The maximum atomic E-state index is 12.7. The Morgan fingerprint density at radius 3 is 2.39 bits per heavy atom. The van der Waals surface area contributed by atoms with Crippen LogP contribution < -0.4 is 15.0 Å². The first kappa shape index (κ1) is 24.4. The number of aliphatic hydroxyl groups excluding tert-OH is 1. The van der Waals surface area contributed by atoms with E-state index < -0.39 is 12.3 Å². The van der Waals surface area contributed by atoms with Crippen LogP contribution >= 0.6 is 0 Å². The molecule has 1 aliphatic carbocycles. The van der Waals surface area contributed by atoms with Gasteiger partial charge in [-0.15, -0.1) is 0 Å². The standard InChI is InChI=1S/C24H27F3N6O3/c25-24(26,27)22(34)15-13-30-23(31-14-15)32-16-1-3-18(4-2-16)36-20-12-17(33-7-9-35-10-8-33)11-19-21(20)29-6-5-28-19/h5-6,11-14,16,18,22,34H,1-4,7-10H2,(H,30,31,32)/t16-,18+,22?. The summed E-state index contributed by atoms with van der Waals surface area (Å²) in [6, 6.07) is 4.12. The molecule has 0 amide bonds. The molecule has 5 rings (SSSR count).